The Bertz CT molecular complexity index is 635. The number of rotatable bonds is 2. The van der Waals surface area contributed by atoms with Crippen molar-refractivity contribution in [3.63, 3.8) is 0 Å². The molecule has 0 aliphatic carbocycles. The Balaban J connectivity index is 2.73. The maximum Gasteiger partial charge on any atom is 0.141 e. The smallest absolute Gasteiger partial charge is 0.141 e. The molecular formula is C13H10BrN3O. The Hall–Kier alpha value is -2.06. The van der Waals surface area contributed by atoms with E-state index in [1.165, 1.54) is 0 Å². The van der Waals surface area contributed by atoms with Crippen LogP contribution < -0.4 is 10.5 Å². The number of hydrogen-bond acceptors (Lipinski definition) is 4. The largest absolute Gasteiger partial charge is 0.496 e. The van der Waals surface area contributed by atoms with Crippen LogP contribution in [0.2, 0.25) is 0 Å². The van der Waals surface area contributed by atoms with Crippen LogP contribution in [0.25, 0.3) is 11.1 Å². The number of pyridine rings is 1. The molecule has 1 aromatic heterocycles. The molecule has 2 rings (SSSR count). The van der Waals surface area contributed by atoms with Crippen LogP contribution in [0, 0.1) is 11.3 Å². The molecule has 0 aliphatic rings. The summed E-state index contributed by atoms with van der Waals surface area (Å²) in [6.07, 6.45) is 1.58. The van der Waals surface area contributed by atoms with Crippen LogP contribution in [0.15, 0.2) is 34.9 Å². The van der Waals surface area contributed by atoms with Gasteiger partial charge in [0.1, 0.15) is 23.2 Å². The Morgan fingerprint density at radius 1 is 1.33 bits per heavy atom. The Kier molecular flexibility index (Phi) is 3.49. The molecule has 5 heteroatoms. The lowest BCUT2D eigenvalue weighted by molar-refractivity contribution is 0.416. The van der Waals surface area contributed by atoms with Gasteiger partial charge in [0.15, 0.2) is 0 Å². The molecule has 1 aromatic carbocycles. The molecule has 0 unspecified atom stereocenters. The number of ether oxygens (including phenoxy) is 1. The third-order valence-electron chi connectivity index (χ3n) is 2.54. The molecule has 0 saturated carbocycles. The monoisotopic (exact) mass is 303 g/mol. The van der Waals surface area contributed by atoms with Gasteiger partial charge < -0.3 is 10.5 Å². The highest BCUT2D eigenvalue weighted by Crippen LogP contribution is 2.35. The molecular weight excluding hydrogens is 294 g/mol. The first-order chi connectivity index (χ1) is 8.67. The van der Waals surface area contributed by atoms with E-state index in [9.17, 15) is 5.26 Å². The van der Waals surface area contributed by atoms with E-state index in [-0.39, 0.29) is 5.82 Å². The number of benzene rings is 1. The molecule has 0 spiro atoms. The van der Waals surface area contributed by atoms with Crippen molar-refractivity contribution in [2.24, 2.45) is 0 Å². The molecule has 2 aromatic rings. The van der Waals surface area contributed by atoms with Gasteiger partial charge in [0.2, 0.25) is 0 Å². The summed E-state index contributed by atoms with van der Waals surface area (Å²) in [7, 11) is 1.59. The SMILES string of the molecule is COc1ccc(Br)cc1-c1ccnc(N)c1C#N. The number of nitrogen functional groups attached to an aromatic ring is 1. The minimum atomic E-state index is 0.219. The van der Waals surface area contributed by atoms with Crippen LogP contribution >= 0.6 is 15.9 Å². The van der Waals surface area contributed by atoms with Crippen molar-refractivity contribution in [2.45, 2.75) is 0 Å². The molecule has 0 atom stereocenters. The average molecular weight is 304 g/mol. The highest BCUT2D eigenvalue weighted by atomic mass is 79.9. The second kappa shape index (κ2) is 5.07. The maximum atomic E-state index is 9.17. The number of hydrogen-bond donors (Lipinski definition) is 1. The van der Waals surface area contributed by atoms with E-state index in [0.717, 1.165) is 10.0 Å². The number of anilines is 1. The van der Waals surface area contributed by atoms with Gasteiger partial charge in [-0.2, -0.15) is 5.26 Å². The van der Waals surface area contributed by atoms with Crippen LogP contribution in [0.1, 0.15) is 5.56 Å². The summed E-state index contributed by atoms with van der Waals surface area (Å²) in [6.45, 7) is 0. The maximum absolute atomic E-state index is 9.17. The molecule has 18 heavy (non-hydrogen) atoms. The van der Waals surface area contributed by atoms with E-state index < -0.39 is 0 Å². The quantitative estimate of drug-likeness (QED) is 0.926. The van der Waals surface area contributed by atoms with Crippen LogP contribution in [0.3, 0.4) is 0 Å². The average Bonchev–Trinajstić information content (AvgIpc) is 2.38. The lowest BCUT2D eigenvalue weighted by Crippen LogP contribution is -1.97. The summed E-state index contributed by atoms with van der Waals surface area (Å²) in [5.41, 5.74) is 7.58. The first-order valence-corrected chi connectivity index (χ1v) is 5.95. The second-order valence-corrected chi connectivity index (χ2v) is 4.49. The number of aromatic nitrogens is 1. The molecule has 0 radical (unpaired) electrons. The first kappa shape index (κ1) is 12.4. The molecule has 0 saturated heterocycles. The number of nitriles is 1. The molecule has 1 heterocycles. The van der Waals surface area contributed by atoms with Gasteiger partial charge in [-0.1, -0.05) is 15.9 Å². The van der Waals surface area contributed by atoms with E-state index in [0.29, 0.717) is 16.9 Å². The van der Waals surface area contributed by atoms with Gasteiger partial charge in [0.05, 0.1) is 7.11 Å². The van der Waals surface area contributed by atoms with Crippen molar-refractivity contribution < 1.29 is 4.74 Å². The predicted octanol–water partition coefficient (Wildman–Crippen LogP) is 2.97. The number of methoxy groups -OCH3 is 1. The lowest BCUT2D eigenvalue weighted by Gasteiger charge is -2.11. The van der Waals surface area contributed by atoms with Crippen LogP contribution in [-0.2, 0) is 0 Å². The van der Waals surface area contributed by atoms with E-state index in [4.69, 9.17) is 10.5 Å². The zero-order valence-electron chi connectivity index (χ0n) is 9.64. The summed E-state index contributed by atoms with van der Waals surface area (Å²) in [6, 6.07) is 9.41. The van der Waals surface area contributed by atoms with Gasteiger partial charge in [-0.3, -0.25) is 0 Å². The first-order valence-electron chi connectivity index (χ1n) is 5.16. The number of nitrogens with two attached hydrogens (primary N) is 1. The van der Waals surface area contributed by atoms with Crippen molar-refractivity contribution in [1.29, 1.82) is 5.26 Å². The Morgan fingerprint density at radius 3 is 2.78 bits per heavy atom. The molecule has 0 fully saturated rings. The van der Waals surface area contributed by atoms with Crippen molar-refractivity contribution in [3.8, 4) is 22.9 Å². The van der Waals surface area contributed by atoms with Gasteiger partial charge in [-0.15, -0.1) is 0 Å². The topological polar surface area (TPSA) is 71.9 Å². The van der Waals surface area contributed by atoms with E-state index in [1.807, 2.05) is 18.2 Å². The summed E-state index contributed by atoms with van der Waals surface area (Å²) in [5.74, 6) is 0.900. The van der Waals surface area contributed by atoms with Gasteiger partial charge >= 0.3 is 0 Å². The van der Waals surface area contributed by atoms with Crippen molar-refractivity contribution >= 4 is 21.7 Å². The van der Waals surface area contributed by atoms with Gasteiger partial charge in [0, 0.05) is 21.8 Å². The summed E-state index contributed by atoms with van der Waals surface area (Å²) in [4.78, 5) is 3.92. The highest BCUT2D eigenvalue weighted by Gasteiger charge is 2.13. The molecule has 0 aliphatic heterocycles. The van der Waals surface area contributed by atoms with E-state index >= 15 is 0 Å². The van der Waals surface area contributed by atoms with Crippen molar-refractivity contribution in [3.05, 3.63) is 40.5 Å². The fourth-order valence-corrected chi connectivity index (χ4v) is 2.07. The lowest BCUT2D eigenvalue weighted by atomic mass is 10.0. The normalized spacial score (nSPS) is 9.83. The third-order valence-corrected chi connectivity index (χ3v) is 3.04. The van der Waals surface area contributed by atoms with Gasteiger partial charge in [-0.25, -0.2) is 4.98 Å². The van der Waals surface area contributed by atoms with Crippen molar-refractivity contribution in [1.82, 2.24) is 4.98 Å². The van der Waals surface area contributed by atoms with Gasteiger partial charge in [0.25, 0.3) is 0 Å². The highest BCUT2D eigenvalue weighted by molar-refractivity contribution is 9.10. The minimum Gasteiger partial charge on any atom is -0.496 e. The van der Waals surface area contributed by atoms with Crippen LogP contribution in [0.5, 0.6) is 5.75 Å². The van der Waals surface area contributed by atoms with Crippen LogP contribution in [-0.4, -0.2) is 12.1 Å². The molecule has 0 amide bonds. The number of halogens is 1. The summed E-state index contributed by atoms with van der Waals surface area (Å²) < 4.78 is 6.20. The molecule has 0 bridgehead atoms. The van der Waals surface area contributed by atoms with Crippen LogP contribution in [0.4, 0.5) is 5.82 Å². The zero-order chi connectivity index (χ0) is 13.1. The molecule has 4 nitrogen and oxygen atoms in total. The van der Waals surface area contributed by atoms with E-state index in [2.05, 4.69) is 27.0 Å². The molecule has 90 valence electrons. The Morgan fingerprint density at radius 2 is 2.11 bits per heavy atom. The zero-order valence-corrected chi connectivity index (χ0v) is 11.2. The predicted molar refractivity (Wildman–Crippen MR) is 73.1 cm³/mol. The van der Waals surface area contributed by atoms with E-state index in [1.54, 1.807) is 19.4 Å². The molecule has 2 N–H and O–H groups in total. The van der Waals surface area contributed by atoms with Crippen molar-refractivity contribution in [2.75, 3.05) is 12.8 Å². The summed E-state index contributed by atoms with van der Waals surface area (Å²) >= 11 is 3.40. The third kappa shape index (κ3) is 2.15. The van der Waals surface area contributed by atoms with Gasteiger partial charge in [-0.05, 0) is 24.3 Å². The fourth-order valence-electron chi connectivity index (χ4n) is 1.71. The Labute approximate surface area is 113 Å². The second-order valence-electron chi connectivity index (χ2n) is 3.58. The minimum absolute atomic E-state index is 0.219. The number of nitrogens with zero attached hydrogens (tertiary/aromatic N) is 2. The summed E-state index contributed by atoms with van der Waals surface area (Å²) in [5, 5.41) is 9.17. The standard InChI is InChI=1S/C13H10BrN3O/c1-18-12-3-2-8(14)6-10(12)9-4-5-17-13(16)11(9)7-15/h2-6H,1H3,(H2,16,17). The fraction of sp³-hybridized carbons (Fsp3) is 0.0769.